The molecule has 116 valence electrons. The van der Waals surface area contributed by atoms with Gasteiger partial charge in [-0.25, -0.2) is 0 Å². The number of rotatable bonds is 4. The maximum absolute atomic E-state index is 13.3. The van der Waals surface area contributed by atoms with Gasteiger partial charge in [-0.2, -0.15) is 13.2 Å². The van der Waals surface area contributed by atoms with E-state index in [2.05, 4.69) is 10.6 Å². The Hall–Kier alpha value is -1.60. The van der Waals surface area contributed by atoms with E-state index in [9.17, 15) is 23.1 Å². The molecule has 1 aliphatic heterocycles. The van der Waals surface area contributed by atoms with Crippen molar-refractivity contribution in [2.45, 2.75) is 18.6 Å². The van der Waals surface area contributed by atoms with Crippen molar-refractivity contribution in [1.82, 2.24) is 10.6 Å². The third-order valence-electron chi connectivity index (χ3n) is 3.82. The maximum Gasteiger partial charge on any atom is 0.404 e. The Bertz CT molecular complexity index is 485. The van der Waals surface area contributed by atoms with E-state index in [0.29, 0.717) is 5.56 Å². The summed E-state index contributed by atoms with van der Waals surface area (Å²) in [4.78, 5) is 12.2. The van der Waals surface area contributed by atoms with Crippen molar-refractivity contribution >= 4 is 5.91 Å². The van der Waals surface area contributed by atoms with Gasteiger partial charge in [0.05, 0.1) is 12.6 Å². The number of carbonyl (C=O) groups excluding carboxylic acids is 1. The van der Waals surface area contributed by atoms with Crippen LogP contribution in [0.5, 0.6) is 0 Å². The number of nitrogens with one attached hydrogen (secondary N) is 2. The highest BCUT2D eigenvalue weighted by atomic mass is 19.4. The van der Waals surface area contributed by atoms with E-state index in [4.69, 9.17) is 0 Å². The van der Waals surface area contributed by atoms with Crippen LogP contribution in [0.25, 0.3) is 0 Å². The lowest BCUT2D eigenvalue weighted by atomic mass is 9.84. The number of carbonyl (C=O) groups is 1. The second kappa shape index (κ2) is 6.03. The molecule has 1 aromatic carbocycles. The normalized spacial score (nSPS) is 23.8. The van der Waals surface area contributed by atoms with E-state index in [0.717, 1.165) is 0 Å². The minimum Gasteiger partial charge on any atom is -0.394 e. The number of aliphatic hydroxyl groups excluding tert-OH is 1. The monoisotopic (exact) mass is 302 g/mol. The molecule has 0 aliphatic carbocycles. The Morgan fingerprint density at radius 3 is 2.52 bits per heavy atom. The fourth-order valence-corrected chi connectivity index (χ4v) is 2.47. The van der Waals surface area contributed by atoms with Crippen LogP contribution in [0.4, 0.5) is 13.2 Å². The highest BCUT2D eigenvalue weighted by molar-refractivity contribution is 5.84. The van der Waals surface area contributed by atoms with Gasteiger partial charge >= 0.3 is 6.18 Å². The average Bonchev–Trinajstić information content (AvgIpc) is 2.96. The Morgan fingerprint density at radius 2 is 2.05 bits per heavy atom. The van der Waals surface area contributed by atoms with Crippen molar-refractivity contribution in [2.75, 3.05) is 19.7 Å². The zero-order valence-corrected chi connectivity index (χ0v) is 11.3. The van der Waals surface area contributed by atoms with E-state index < -0.39 is 36.7 Å². The largest absolute Gasteiger partial charge is 0.404 e. The molecular formula is C14H17F3N2O2. The molecule has 3 N–H and O–H groups in total. The Labute approximate surface area is 120 Å². The summed E-state index contributed by atoms with van der Waals surface area (Å²) < 4.78 is 39.8. The van der Waals surface area contributed by atoms with Gasteiger partial charge in [0.2, 0.25) is 5.91 Å². The molecule has 0 radical (unpaired) electrons. The minimum atomic E-state index is -4.63. The Balaban J connectivity index is 2.19. The molecule has 0 spiro atoms. The van der Waals surface area contributed by atoms with Gasteiger partial charge in [-0.1, -0.05) is 30.3 Å². The molecule has 0 bridgehead atoms. The predicted molar refractivity (Wildman–Crippen MR) is 70.4 cm³/mol. The van der Waals surface area contributed by atoms with E-state index in [1.165, 1.54) is 0 Å². The minimum absolute atomic E-state index is 0.141. The van der Waals surface area contributed by atoms with Crippen LogP contribution in [-0.4, -0.2) is 36.9 Å². The number of benzene rings is 1. The zero-order valence-electron chi connectivity index (χ0n) is 11.3. The average molecular weight is 302 g/mol. The van der Waals surface area contributed by atoms with Crippen LogP contribution in [-0.2, 0) is 4.79 Å². The molecule has 7 heteroatoms. The summed E-state index contributed by atoms with van der Waals surface area (Å²) in [6.07, 6.45) is -4.92. The number of aliphatic hydroxyl groups is 1. The summed E-state index contributed by atoms with van der Waals surface area (Å²) >= 11 is 0. The van der Waals surface area contributed by atoms with Crippen LogP contribution in [0.2, 0.25) is 0 Å². The van der Waals surface area contributed by atoms with Crippen LogP contribution < -0.4 is 10.6 Å². The van der Waals surface area contributed by atoms with Gasteiger partial charge in [0, 0.05) is 6.54 Å². The number of amides is 1. The number of hydrogen-bond acceptors (Lipinski definition) is 3. The molecule has 0 aromatic heterocycles. The van der Waals surface area contributed by atoms with Crippen molar-refractivity contribution < 1.29 is 23.1 Å². The van der Waals surface area contributed by atoms with Crippen LogP contribution in [0.3, 0.4) is 0 Å². The first-order chi connectivity index (χ1) is 9.90. The standard InChI is InChI=1S/C14H17F3N2O2/c15-14(16,17)13(6-7-18-9-13)12(21)19-11(8-20)10-4-2-1-3-5-10/h1-5,11,18,20H,6-9H2,(H,19,21). The molecule has 21 heavy (non-hydrogen) atoms. The molecule has 1 amide bonds. The summed E-state index contributed by atoms with van der Waals surface area (Å²) in [6.45, 7) is -0.756. The lowest BCUT2D eigenvalue weighted by Gasteiger charge is -2.31. The first kappa shape index (κ1) is 15.8. The Morgan fingerprint density at radius 1 is 1.38 bits per heavy atom. The summed E-state index contributed by atoms with van der Waals surface area (Å²) in [5.74, 6) is -1.09. The second-order valence-corrected chi connectivity index (χ2v) is 5.13. The van der Waals surface area contributed by atoms with Gasteiger partial charge in [-0.05, 0) is 18.5 Å². The summed E-state index contributed by atoms with van der Waals surface area (Å²) in [5, 5.41) is 14.3. The quantitative estimate of drug-likeness (QED) is 0.787. The smallest absolute Gasteiger partial charge is 0.394 e. The lowest BCUT2D eigenvalue weighted by Crippen LogP contribution is -2.53. The molecule has 1 fully saturated rings. The van der Waals surface area contributed by atoms with E-state index >= 15 is 0 Å². The van der Waals surface area contributed by atoms with Crippen LogP contribution in [0, 0.1) is 5.41 Å². The third-order valence-corrected chi connectivity index (χ3v) is 3.82. The highest BCUT2D eigenvalue weighted by Crippen LogP contribution is 2.43. The van der Waals surface area contributed by atoms with E-state index in [-0.39, 0.29) is 13.0 Å². The van der Waals surface area contributed by atoms with Gasteiger partial charge in [0.15, 0.2) is 5.41 Å². The van der Waals surface area contributed by atoms with E-state index in [1.807, 2.05) is 0 Å². The van der Waals surface area contributed by atoms with Gasteiger partial charge < -0.3 is 15.7 Å². The third kappa shape index (κ3) is 3.03. The van der Waals surface area contributed by atoms with E-state index in [1.54, 1.807) is 30.3 Å². The highest BCUT2D eigenvalue weighted by Gasteiger charge is 2.61. The molecule has 1 aliphatic rings. The molecule has 0 saturated carbocycles. The topological polar surface area (TPSA) is 61.4 Å². The van der Waals surface area contributed by atoms with Gasteiger partial charge in [-0.15, -0.1) is 0 Å². The molecule has 2 rings (SSSR count). The number of alkyl halides is 3. The van der Waals surface area contributed by atoms with Crippen molar-refractivity contribution in [2.24, 2.45) is 5.41 Å². The first-order valence-electron chi connectivity index (χ1n) is 6.65. The fourth-order valence-electron chi connectivity index (χ4n) is 2.47. The van der Waals surface area contributed by atoms with Gasteiger partial charge in [0.25, 0.3) is 0 Å². The maximum atomic E-state index is 13.3. The van der Waals surface area contributed by atoms with Crippen LogP contribution in [0.15, 0.2) is 30.3 Å². The number of halogens is 3. The van der Waals surface area contributed by atoms with Crippen molar-refractivity contribution in [3.63, 3.8) is 0 Å². The summed E-state index contributed by atoms with van der Waals surface area (Å²) in [7, 11) is 0. The van der Waals surface area contributed by atoms with Crippen molar-refractivity contribution in [1.29, 1.82) is 0 Å². The predicted octanol–water partition coefficient (Wildman–Crippen LogP) is 1.38. The van der Waals surface area contributed by atoms with Crippen molar-refractivity contribution in [3.05, 3.63) is 35.9 Å². The molecule has 4 nitrogen and oxygen atoms in total. The summed E-state index contributed by atoms with van der Waals surface area (Å²) in [5.41, 5.74) is -1.86. The molecule has 1 aromatic rings. The fraction of sp³-hybridized carbons (Fsp3) is 0.500. The molecule has 1 heterocycles. The van der Waals surface area contributed by atoms with Crippen LogP contribution in [0.1, 0.15) is 18.0 Å². The van der Waals surface area contributed by atoms with Gasteiger partial charge in [0.1, 0.15) is 0 Å². The summed E-state index contributed by atoms with van der Waals surface area (Å²) in [6, 6.07) is 7.58. The van der Waals surface area contributed by atoms with Crippen LogP contribution >= 0.6 is 0 Å². The molecule has 2 atom stereocenters. The number of hydrogen-bond donors (Lipinski definition) is 3. The van der Waals surface area contributed by atoms with Crippen molar-refractivity contribution in [3.8, 4) is 0 Å². The second-order valence-electron chi connectivity index (χ2n) is 5.13. The lowest BCUT2D eigenvalue weighted by molar-refractivity contribution is -0.216. The molecule has 2 unspecified atom stereocenters. The molecule has 1 saturated heterocycles. The zero-order chi connectivity index (χ0) is 15.5. The Kier molecular flexibility index (Phi) is 4.53. The SMILES string of the molecule is O=C(NC(CO)c1ccccc1)C1(C(F)(F)F)CCNC1. The first-order valence-corrected chi connectivity index (χ1v) is 6.65. The van der Waals surface area contributed by atoms with Gasteiger partial charge in [-0.3, -0.25) is 4.79 Å². The molecular weight excluding hydrogens is 285 g/mol.